The van der Waals surface area contributed by atoms with Crippen molar-refractivity contribution in [3.8, 4) is 16.9 Å². The Balaban J connectivity index is 1.55. The van der Waals surface area contributed by atoms with Gasteiger partial charge in [-0.15, -0.1) is 0 Å². The van der Waals surface area contributed by atoms with Crippen molar-refractivity contribution in [2.45, 2.75) is 50.8 Å². The van der Waals surface area contributed by atoms with Gasteiger partial charge >= 0.3 is 12.3 Å². The number of hydrogen-bond acceptors (Lipinski definition) is 1. The van der Waals surface area contributed by atoms with Gasteiger partial charge in [-0.1, -0.05) is 37.6 Å². The van der Waals surface area contributed by atoms with E-state index in [0.717, 1.165) is 43.3 Å². The number of allylic oxidation sites excluding steroid dienone is 4. The van der Waals surface area contributed by atoms with Crippen LogP contribution < -0.4 is 4.74 Å². The van der Waals surface area contributed by atoms with Gasteiger partial charge < -0.3 is 4.74 Å². The van der Waals surface area contributed by atoms with Crippen molar-refractivity contribution < 1.29 is 48.6 Å². The summed E-state index contributed by atoms with van der Waals surface area (Å²) < 4.78 is 145. The molecule has 2 atom stereocenters. The summed E-state index contributed by atoms with van der Waals surface area (Å²) in [7, 11) is 0. The Hall–Kier alpha value is -3.76. The van der Waals surface area contributed by atoms with Crippen LogP contribution in [0.1, 0.15) is 43.4 Å². The first kappa shape index (κ1) is 30.2. The van der Waals surface area contributed by atoms with Gasteiger partial charge in [-0.25, -0.2) is 22.0 Å². The molecule has 0 N–H and O–H groups in total. The number of alkyl halides is 7. The second-order valence-corrected chi connectivity index (χ2v) is 9.65. The Labute approximate surface area is 228 Å². The first-order chi connectivity index (χ1) is 19.1. The molecule has 0 fully saturated rings. The maximum absolute atomic E-state index is 15.1. The van der Waals surface area contributed by atoms with E-state index in [2.05, 4.69) is 4.74 Å². The highest BCUT2D eigenvalue weighted by Gasteiger charge is 2.43. The van der Waals surface area contributed by atoms with E-state index in [9.17, 15) is 35.1 Å². The van der Waals surface area contributed by atoms with Gasteiger partial charge in [-0.05, 0) is 72.0 Å². The summed E-state index contributed by atoms with van der Waals surface area (Å²) in [5.41, 5.74) is -5.84. The zero-order valence-electron chi connectivity index (χ0n) is 21.5. The second-order valence-electron chi connectivity index (χ2n) is 9.65. The lowest BCUT2D eigenvalue weighted by atomic mass is 9.80. The fourth-order valence-electron chi connectivity index (χ4n) is 4.59. The van der Waals surface area contributed by atoms with Gasteiger partial charge in [0.15, 0.2) is 11.8 Å². The average molecular weight is 588 g/mol. The molecule has 0 saturated heterocycles. The molecule has 0 saturated carbocycles. The van der Waals surface area contributed by atoms with E-state index < -0.39 is 69.6 Å². The SMILES string of the molecule is CCCC1=CC=C(c2ccc(C(F)(F)Oc3ccc(-c4cc(F)c(C(F)(F)F)c(F)c4)c(F)c3)cc2)C(F)C1(C)F. The second kappa shape index (κ2) is 10.9. The molecule has 11 heteroatoms. The minimum absolute atomic E-state index is 0.0283. The summed E-state index contributed by atoms with van der Waals surface area (Å²) in [6, 6.07) is 6.88. The maximum atomic E-state index is 15.1. The molecule has 0 heterocycles. The Morgan fingerprint density at radius 3 is 1.95 bits per heavy atom. The van der Waals surface area contributed by atoms with Crippen LogP contribution in [-0.2, 0) is 12.3 Å². The van der Waals surface area contributed by atoms with E-state index in [1.54, 1.807) is 0 Å². The maximum Gasteiger partial charge on any atom is 0.426 e. The van der Waals surface area contributed by atoms with Crippen molar-refractivity contribution in [2.75, 3.05) is 0 Å². The smallest absolute Gasteiger partial charge is 0.426 e. The molecular formula is C30H22F10O. The third kappa shape index (κ3) is 5.99. The number of ether oxygens (including phenoxy) is 1. The van der Waals surface area contributed by atoms with Gasteiger partial charge in [-0.3, -0.25) is 0 Å². The Bertz CT molecular complexity index is 1480. The van der Waals surface area contributed by atoms with E-state index in [1.165, 1.54) is 12.2 Å². The molecule has 3 aromatic carbocycles. The molecule has 0 spiro atoms. The summed E-state index contributed by atoms with van der Waals surface area (Å²) in [4.78, 5) is 0. The van der Waals surface area contributed by atoms with Gasteiger partial charge in [0.25, 0.3) is 0 Å². The van der Waals surface area contributed by atoms with E-state index in [1.807, 2.05) is 6.92 Å². The highest BCUT2D eigenvalue weighted by molar-refractivity contribution is 5.74. The molecule has 1 nitrogen and oxygen atoms in total. The van der Waals surface area contributed by atoms with Crippen LogP contribution in [0.4, 0.5) is 43.9 Å². The van der Waals surface area contributed by atoms with E-state index in [0.29, 0.717) is 24.5 Å². The quantitative estimate of drug-likeness (QED) is 0.250. The molecule has 218 valence electrons. The van der Waals surface area contributed by atoms with E-state index in [-0.39, 0.29) is 23.3 Å². The van der Waals surface area contributed by atoms with Crippen molar-refractivity contribution in [1.29, 1.82) is 0 Å². The number of hydrogen-bond donors (Lipinski definition) is 0. The Kier molecular flexibility index (Phi) is 8.03. The van der Waals surface area contributed by atoms with Gasteiger partial charge in [-0.2, -0.15) is 22.0 Å². The predicted molar refractivity (Wildman–Crippen MR) is 133 cm³/mol. The lowest BCUT2D eigenvalue weighted by molar-refractivity contribution is -0.185. The van der Waals surface area contributed by atoms with Crippen LogP contribution in [0, 0.1) is 17.5 Å². The average Bonchev–Trinajstić information content (AvgIpc) is 2.86. The number of halogens is 10. The summed E-state index contributed by atoms with van der Waals surface area (Å²) in [6.45, 7) is 2.95. The fraction of sp³-hybridized carbons (Fsp3) is 0.267. The molecule has 41 heavy (non-hydrogen) atoms. The predicted octanol–water partition coefficient (Wildman–Crippen LogP) is 10.1. The van der Waals surface area contributed by atoms with Crippen molar-refractivity contribution in [3.63, 3.8) is 0 Å². The van der Waals surface area contributed by atoms with Gasteiger partial charge in [0.2, 0.25) is 0 Å². The minimum atomic E-state index is -5.32. The Morgan fingerprint density at radius 1 is 0.805 bits per heavy atom. The Morgan fingerprint density at radius 2 is 1.41 bits per heavy atom. The third-order valence-electron chi connectivity index (χ3n) is 6.74. The van der Waals surface area contributed by atoms with Gasteiger partial charge in [0, 0.05) is 11.6 Å². The lowest BCUT2D eigenvalue weighted by Crippen LogP contribution is -2.36. The first-order valence-corrected chi connectivity index (χ1v) is 12.3. The fourth-order valence-corrected chi connectivity index (χ4v) is 4.59. The highest BCUT2D eigenvalue weighted by Crippen LogP contribution is 2.42. The summed E-state index contributed by atoms with van der Waals surface area (Å²) in [5, 5.41) is 0. The standard InChI is InChI=1S/C30H22F10O/c1-3-4-18-9-11-22(27(34)28(18,2)35)16-5-7-19(8-6-16)30(39,40)41-20-10-12-21(23(31)15-20)17-13-24(32)26(25(33)14-17)29(36,37)38/h5-15,27H,3-4H2,1-2H3. The molecule has 1 aliphatic rings. The molecule has 4 rings (SSSR count). The number of rotatable bonds is 7. The van der Waals surface area contributed by atoms with Crippen LogP contribution in [0.15, 0.2) is 72.3 Å². The third-order valence-corrected chi connectivity index (χ3v) is 6.74. The zero-order valence-corrected chi connectivity index (χ0v) is 21.5. The topological polar surface area (TPSA) is 9.23 Å². The summed E-state index contributed by atoms with van der Waals surface area (Å²) >= 11 is 0. The molecule has 1 aliphatic carbocycles. The van der Waals surface area contributed by atoms with Crippen molar-refractivity contribution in [2.24, 2.45) is 0 Å². The molecule has 0 bridgehead atoms. The van der Waals surface area contributed by atoms with Crippen LogP contribution in [0.2, 0.25) is 0 Å². The van der Waals surface area contributed by atoms with Crippen molar-refractivity contribution in [3.05, 3.63) is 106 Å². The summed E-state index contributed by atoms with van der Waals surface area (Å²) in [5.74, 6) is -5.94. The van der Waals surface area contributed by atoms with Gasteiger partial charge in [0.05, 0.1) is 5.56 Å². The van der Waals surface area contributed by atoms with Crippen LogP contribution in [0.5, 0.6) is 5.75 Å². The van der Waals surface area contributed by atoms with Crippen LogP contribution in [-0.4, -0.2) is 11.8 Å². The molecule has 3 aromatic rings. The molecular weight excluding hydrogens is 566 g/mol. The van der Waals surface area contributed by atoms with Crippen LogP contribution in [0.25, 0.3) is 16.7 Å². The van der Waals surface area contributed by atoms with Crippen LogP contribution in [0.3, 0.4) is 0 Å². The molecule has 2 unspecified atom stereocenters. The zero-order chi connectivity index (χ0) is 30.3. The lowest BCUT2D eigenvalue weighted by Gasteiger charge is -2.32. The van der Waals surface area contributed by atoms with Crippen LogP contribution >= 0.6 is 0 Å². The summed E-state index contributed by atoms with van der Waals surface area (Å²) in [6.07, 6.45) is -7.52. The molecule has 0 aliphatic heterocycles. The van der Waals surface area contributed by atoms with E-state index >= 15 is 8.78 Å². The highest BCUT2D eigenvalue weighted by atomic mass is 19.4. The largest absolute Gasteiger partial charge is 0.429 e. The molecule has 0 amide bonds. The molecule has 0 aromatic heterocycles. The monoisotopic (exact) mass is 588 g/mol. The minimum Gasteiger partial charge on any atom is -0.429 e. The van der Waals surface area contributed by atoms with Crippen molar-refractivity contribution >= 4 is 5.57 Å². The van der Waals surface area contributed by atoms with Gasteiger partial charge in [0.1, 0.15) is 28.8 Å². The normalized spacial score (nSPS) is 19.6. The van der Waals surface area contributed by atoms with E-state index in [4.69, 9.17) is 0 Å². The number of benzene rings is 3. The van der Waals surface area contributed by atoms with Crippen molar-refractivity contribution in [1.82, 2.24) is 0 Å². The first-order valence-electron chi connectivity index (χ1n) is 12.3. The molecule has 0 radical (unpaired) electrons.